The molecular formula is C17H23ClN2O2. The molecule has 3 rings (SSSR count). The van der Waals surface area contributed by atoms with Gasteiger partial charge in [-0.2, -0.15) is 0 Å². The van der Waals surface area contributed by atoms with Crippen molar-refractivity contribution >= 4 is 23.0 Å². The van der Waals surface area contributed by atoms with E-state index in [1.165, 1.54) is 38.2 Å². The maximum atomic E-state index is 11.4. The number of fused-ring (bicyclic) bond motifs is 1. The van der Waals surface area contributed by atoms with E-state index in [0.29, 0.717) is 16.6 Å². The summed E-state index contributed by atoms with van der Waals surface area (Å²) in [6.07, 6.45) is 9.52. The second-order valence-corrected chi connectivity index (χ2v) is 7.36. The van der Waals surface area contributed by atoms with E-state index in [0.717, 1.165) is 24.8 Å². The van der Waals surface area contributed by atoms with Crippen molar-refractivity contribution in [2.45, 2.75) is 69.7 Å². The monoisotopic (exact) mass is 322 g/mol. The molecule has 22 heavy (non-hydrogen) atoms. The number of benzene rings is 1. The van der Waals surface area contributed by atoms with Gasteiger partial charge in [0.1, 0.15) is 5.69 Å². The van der Waals surface area contributed by atoms with Crippen molar-refractivity contribution in [3.05, 3.63) is 32.8 Å². The van der Waals surface area contributed by atoms with E-state index in [4.69, 9.17) is 11.6 Å². The third kappa shape index (κ3) is 2.94. The van der Waals surface area contributed by atoms with Crippen LogP contribution < -0.4 is 5.32 Å². The van der Waals surface area contributed by atoms with E-state index in [2.05, 4.69) is 12.2 Å². The van der Waals surface area contributed by atoms with Crippen LogP contribution in [0.3, 0.4) is 0 Å². The minimum absolute atomic E-state index is 0.0193. The molecule has 1 fully saturated rings. The van der Waals surface area contributed by atoms with E-state index in [1.807, 2.05) is 6.07 Å². The zero-order valence-corrected chi connectivity index (χ0v) is 13.8. The van der Waals surface area contributed by atoms with Gasteiger partial charge in [-0.05, 0) is 36.8 Å². The molecule has 120 valence electrons. The van der Waals surface area contributed by atoms with Crippen molar-refractivity contribution in [2.24, 2.45) is 0 Å². The van der Waals surface area contributed by atoms with Crippen LogP contribution in [0, 0.1) is 10.1 Å². The summed E-state index contributed by atoms with van der Waals surface area (Å²) in [4.78, 5) is 11.1. The number of nitro groups is 1. The van der Waals surface area contributed by atoms with Crippen molar-refractivity contribution in [3.63, 3.8) is 0 Å². The molecule has 4 nitrogen and oxygen atoms in total. The van der Waals surface area contributed by atoms with Crippen molar-refractivity contribution in [1.29, 1.82) is 0 Å². The summed E-state index contributed by atoms with van der Waals surface area (Å²) in [6.45, 7) is 2.17. The number of hydrogen-bond acceptors (Lipinski definition) is 3. The molecule has 0 saturated heterocycles. The summed E-state index contributed by atoms with van der Waals surface area (Å²) in [5.41, 5.74) is 1.84. The molecular weight excluding hydrogens is 300 g/mol. The Morgan fingerprint density at radius 3 is 2.50 bits per heavy atom. The number of nitrogens with zero attached hydrogens (tertiary/aromatic N) is 1. The first-order valence-corrected chi connectivity index (χ1v) is 8.65. The highest BCUT2D eigenvalue weighted by Crippen LogP contribution is 2.48. The minimum atomic E-state index is -0.313. The molecule has 0 amide bonds. The fourth-order valence-corrected chi connectivity index (χ4v) is 4.43. The number of rotatable bonds is 1. The van der Waals surface area contributed by atoms with Gasteiger partial charge in [-0.1, -0.05) is 50.6 Å². The number of anilines is 1. The molecule has 1 aliphatic heterocycles. The lowest BCUT2D eigenvalue weighted by molar-refractivity contribution is -0.384. The number of halogens is 1. The second-order valence-electron chi connectivity index (χ2n) is 6.92. The summed E-state index contributed by atoms with van der Waals surface area (Å²) < 4.78 is 0. The average Bonchev–Trinajstić information content (AvgIpc) is 2.44. The zero-order chi connectivity index (χ0) is 15.7. The van der Waals surface area contributed by atoms with E-state index in [9.17, 15) is 10.1 Å². The molecule has 0 radical (unpaired) electrons. The lowest BCUT2D eigenvalue weighted by Gasteiger charge is -2.43. The number of hydrogen-bond donors (Lipinski definition) is 1. The molecule has 1 heterocycles. The van der Waals surface area contributed by atoms with Crippen molar-refractivity contribution in [2.75, 3.05) is 5.32 Å². The van der Waals surface area contributed by atoms with Gasteiger partial charge in [0.25, 0.3) is 5.69 Å². The van der Waals surface area contributed by atoms with Gasteiger partial charge >= 0.3 is 0 Å². The summed E-state index contributed by atoms with van der Waals surface area (Å²) in [7, 11) is 0. The quantitative estimate of drug-likeness (QED) is 0.537. The molecule has 1 spiro atoms. The van der Waals surface area contributed by atoms with Crippen molar-refractivity contribution < 1.29 is 4.92 Å². The third-order valence-corrected chi connectivity index (χ3v) is 5.46. The van der Waals surface area contributed by atoms with Crippen LogP contribution in [0.5, 0.6) is 0 Å². The molecule has 1 saturated carbocycles. The van der Waals surface area contributed by atoms with Crippen molar-refractivity contribution in [1.82, 2.24) is 0 Å². The van der Waals surface area contributed by atoms with E-state index in [1.54, 1.807) is 0 Å². The predicted molar refractivity (Wildman–Crippen MR) is 89.8 cm³/mol. The molecule has 1 aromatic rings. The molecule has 1 aliphatic carbocycles. The molecule has 1 atom stereocenters. The molecule has 1 aromatic carbocycles. The first-order valence-electron chi connectivity index (χ1n) is 8.27. The lowest BCUT2D eigenvalue weighted by atomic mass is 9.73. The summed E-state index contributed by atoms with van der Waals surface area (Å²) in [6, 6.07) is 3.36. The third-order valence-electron chi connectivity index (χ3n) is 5.24. The van der Waals surface area contributed by atoms with Crippen LogP contribution in [0.1, 0.15) is 69.8 Å². The normalized spacial score (nSPS) is 24.0. The SMILES string of the molecule is CC1CC2(CCCCCCC2)Nc2c1cc(Cl)cc2[N+](=O)[O-]. The molecule has 2 aliphatic rings. The Morgan fingerprint density at radius 1 is 1.23 bits per heavy atom. The standard InChI is InChI=1S/C17H23ClN2O2/c1-12-11-17(7-5-3-2-4-6-8-17)19-16-14(12)9-13(18)10-15(16)20(21)22/h9-10,12,19H,2-8,11H2,1H3. The van der Waals surface area contributed by atoms with Crippen LogP contribution in [-0.4, -0.2) is 10.5 Å². The molecule has 1 N–H and O–H groups in total. The average molecular weight is 323 g/mol. The van der Waals surface area contributed by atoms with E-state index >= 15 is 0 Å². The highest BCUT2D eigenvalue weighted by atomic mass is 35.5. The summed E-state index contributed by atoms with van der Waals surface area (Å²) in [5.74, 6) is 0.299. The smallest absolute Gasteiger partial charge is 0.294 e. The van der Waals surface area contributed by atoms with Gasteiger partial charge in [0, 0.05) is 16.6 Å². The van der Waals surface area contributed by atoms with Gasteiger partial charge in [0.2, 0.25) is 0 Å². The van der Waals surface area contributed by atoms with E-state index in [-0.39, 0.29) is 16.1 Å². The van der Waals surface area contributed by atoms with Gasteiger partial charge in [-0.3, -0.25) is 10.1 Å². The molecule has 0 aromatic heterocycles. The zero-order valence-electron chi connectivity index (χ0n) is 13.0. The van der Waals surface area contributed by atoms with Crippen LogP contribution >= 0.6 is 11.6 Å². The summed E-state index contributed by atoms with van der Waals surface area (Å²) >= 11 is 6.08. The van der Waals surface area contributed by atoms with Crippen LogP contribution in [0.25, 0.3) is 0 Å². The second kappa shape index (κ2) is 6.07. The van der Waals surface area contributed by atoms with E-state index < -0.39 is 0 Å². The Kier molecular flexibility index (Phi) is 4.31. The van der Waals surface area contributed by atoms with Crippen LogP contribution in [-0.2, 0) is 0 Å². The fraction of sp³-hybridized carbons (Fsp3) is 0.647. The van der Waals surface area contributed by atoms with Gasteiger partial charge in [-0.25, -0.2) is 0 Å². The highest BCUT2D eigenvalue weighted by molar-refractivity contribution is 6.31. The Hall–Kier alpha value is -1.29. The molecule has 1 unspecified atom stereocenters. The first-order chi connectivity index (χ1) is 10.5. The van der Waals surface area contributed by atoms with Gasteiger partial charge in [0.05, 0.1) is 4.92 Å². The van der Waals surface area contributed by atoms with Crippen LogP contribution in [0.4, 0.5) is 11.4 Å². The highest BCUT2D eigenvalue weighted by Gasteiger charge is 2.39. The largest absolute Gasteiger partial charge is 0.374 e. The van der Waals surface area contributed by atoms with Crippen LogP contribution in [0.15, 0.2) is 12.1 Å². The topological polar surface area (TPSA) is 55.2 Å². The Bertz CT molecular complexity index is 580. The number of nitrogens with one attached hydrogen (secondary N) is 1. The predicted octanol–water partition coefficient (Wildman–Crippen LogP) is 5.65. The maximum absolute atomic E-state index is 11.4. The Balaban J connectivity index is 2.01. The summed E-state index contributed by atoms with van der Waals surface area (Å²) in [5, 5.41) is 15.5. The first kappa shape index (κ1) is 15.6. The molecule has 0 bridgehead atoms. The van der Waals surface area contributed by atoms with Crippen LogP contribution in [0.2, 0.25) is 5.02 Å². The van der Waals surface area contributed by atoms with Gasteiger partial charge < -0.3 is 5.32 Å². The Morgan fingerprint density at radius 2 is 1.86 bits per heavy atom. The lowest BCUT2D eigenvalue weighted by Crippen LogP contribution is -2.43. The van der Waals surface area contributed by atoms with Gasteiger partial charge in [0.15, 0.2) is 0 Å². The Labute approximate surface area is 136 Å². The van der Waals surface area contributed by atoms with Gasteiger partial charge in [-0.15, -0.1) is 0 Å². The maximum Gasteiger partial charge on any atom is 0.294 e. The fourth-order valence-electron chi connectivity index (χ4n) is 4.21. The minimum Gasteiger partial charge on any atom is -0.374 e. The number of nitro benzene ring substituents is 1. The van der Waals surface area contributed by atoms with Crippen molar-refractivity contribution in [3.8, 4) is 0 Å². The molecule has 5 heteroatoms.